The van der Waals surface area contributed by atoms with Crippen molar-refractivity contribution in [3.63, 3.8) is 0 Å². The van der Waals surface area contributed by atoms with Gasteiger partial charge in [-0.3, -0.25) is 19.3 Å². The highest BCUT2D eigenvalue weighted by Crippen LogP contribution is 2.26. The number of amides is 3. The summed E-state index contributed by atoms with van der Waals surface area (Å²) in [6, 6.07) is 11.4. The fourth-order valence-electron chi connectivity index (χ4n) is 2.92. The maximum absolute atomic E-state index is 12.6. The predicted octanol–water partition coefficient (Wildman–Crippen LogP) is 2.93. The van der Waals surface area contributed by atoms with Crippen LogP contribution >= 0.6 is 0 Å². The smallest absolute Gasteiger partial charge is 0.262 e. The molecule has 122 valence electrons. The number of anilines is 1. The molecule has 0 aliphatic carbocycles. The summed E-state index contributed by atoms with van der Waals surface area (Å²) in [7, 11) is 0. The van der Waals surface area contributed by atoms with Crippen LogP contribution in [0.5, 0.6) is 0 Å². The predicted molar refractivity (Wildman–Crippen MR) is 90.9 cm³/mol. The topological polar surface area (TPSA) is 66.5 Å². The normalized spacial score (nSPS) is 14.5. The van der Waals surface area contributed by atoms with E-state index in [4.69, 9.17) is 0 Å². The molecule has 0 aromatic heterocycles. The van der Waals surface area contributed by atoms with Crippen LogP contribution in [0.15, 0.2) is 42.5 Å². The van der Waals surface area contributed by atoms with Gasteiger partial charge in [0.15, 0.2) is 0 Å². The zero-order chi connectivity index (χ0) is 17.4. The summed E-state index contributed by atoms with van der Waals surface area (Å²) in [6.45, 7) is 5.36. The SMILES string of the molecule is Cc1cccc(C)c1NC(=O)C(C)N1C(=O)c2ccccc2C1=O. The number of hydrogen-bond acceptors (Lipinski definition) is 3. The second-order valence-corrected chi connectivity index (χ2v) is 5.96. The van der Waals surface area contributed by atoms with Crippen molar-refractivity contribution in [2.75, 3.05) is 5.32 Å². The molecule has 1 unspecified atom stereocenters. The molecule has 0 saturated heterocycles. The molecule has 2 aromatic rings. The van der Waals surface area contributed by atoms with Gasteiger partial charge in [0.2, 0.25) is 5.91 Å². The third-order valence-corrected chi connectivity index (χ3v) is 4.32. The monoisotopic (exact) mass is 322 g/mol. The summed E-state index contributed by atoms with van der Waals surface area (Å²) in [5.74, 6) is -1.25. The molecule has 24 heavy (non-hydrogen) atoms. The Kier molecular flexibility index (Phi) is 3.93. The summed E-state index contributed by atoms with van der Waals surface area (Å²) in [6.07, 6.45) is 0. The highest BCUT2D eigenvalue weighted by Gasteiger charge is 2.40. The van der Waals surface area contributed by atoms with Gasteiger partial charge in [-0.2, -0.15) is 0 Å². The number of nitrogens with one attached hydrogen (secondary N) is 1. The van der Waals surface area contributed by atoms with E-state index in [0.29, 0.717) is 16.8 Å². The molecular weight excluding hydrogens is 304 g/mol. The number of rotatable bonds is 3. The number of fused-ring (bicyclic) bond motifs is 1. The van der Waals surface area contributed by atoms with Crippen LogP contribution in [-0.4, -0.2) is 28.7 Å². The van der Waals surface area contributed by atoms with E-state index in [-0.39, 0.29) is 5.91 Å². The fraction of sp³-hybridized carbons (Fsp3) is 0.211. The van der Waals surface area contributed by atoms with Crippen molar-refractivity contribution in [3.8, 4) is 0 Å². The molecule has 0 bridgehead atoms. The van der Waals surface area contributed by atoms with Gasteiger partial charge >= 0.3 is 0 Å². The van der Waals surface area contributed by atoms with Crippen LogP contribution in [0.1, 0.15) is 38.8 Å². The standard InChI is InChI=1S/C19H18N2O3/c1-11-7-6-8-12(2)16(11)20-17(22)13(3)21-18(23)14-9-4-5-10-15(14)19(21)24/h4-10,13H,1-3H3,(H,20,22). The van der Waals surface area contributed by atoms with E-state index < -0.39 is 17.9 Å². The van der Waals surface area contributed by atoms with Gasteiger partial charge in [0.1, 0.15) is 6.04 Å². The first-order valence-corrected chi connectivity index (χ1v) is 7.76. The minimum Gasteiger partial charge on any atom is -0.324 e. The van der Waals surface area contributed by atoms with E-state index in [1.165, 1.54) is 0 Å². The Morgan fingerprint density at radius 1 is 0.917 bits per heavy atom. The van der Waals surface area contributed by atoms with Crippen molar-refractivity contribution in [1.82, 2.24) is 4.90 Å². The maximum Gasteiger partial charge on any atom is 0.262 e. The van der Waals surface area contributed by atoms with E-state index in [1.54, 1.807) is 31.2 Å². The Morgan fingerprint density at radius 2 is 1.42 bits per heavy atom. The molecule has 1 aliphatic rings. The van der Waals surface area contributed by atoms with Gasteiger partial charge in [-0.05, 0) is 44.0 Å². The van der Waals surface area contributed by atoms with E-state index in [2.05, 4.69) is 5.32 Å². The molecule has 0 saturated carbocycles. The third kappa shape index (κ3) is 2.48. The Hall–Kier alpha value is -2.95. The van der Waals surface area contributed by atoms with Gasteiger partial charge < -0.3 is 5.32 Å². The second kappa shape index (κ2) is 5.92. The van der Waals surface area contributed by atoms with Crippen LogP contribution in [0.4, 0.5) is 5.69 Å². The van der Waals surface area contributed by atoms with Gasteiger partial charge in [0.25, 0.3) is 11.8 Å². The van der Waals surface area contributed by atoms with Crippen molar-refractivity contribution in [2.45, 2.75) is 26.8 Å². The van der Waals surface area contributed by atoms with Gasteiger partial charge in [-0.25, -0.2) is 0 Å². The number of nitrogens with zero attached hydrogens (tertiary/aromatic N) is 1. The summed E-state index contributed by atoms with van der Waals surface area (Å²) < 4.78 is 0. The molecule has 5 nitrogen and oxygen atoms in total. The summed E-state index contributed by atoms with van der Waals surface area (Å²) in [5, 5.41) is 2.84. The van der Waals surface area contributed by atoms with Crippen molar-refractivity contribution in [1.29, 1.82) is 0 Å². The molecule has 2 aromatic carbocycles. The van der Waals surface area contributed by atoms with Crippen LogP contribution in [-0.2, 0) is 4.79 Å². The van der Waals surface area contributed by atoms with Crippen LogP contribution in [0, 0.1) is 13.8 Å². The maximum atomic E-state index is 12.6. The Labute approximate surface area is 140 Å². The van der Waals surface area contributed by atoms with Crippen LogP contribution in [0.25, 0.3) is 0 Å². The lowest BCUT2D eigenvalue weighted by Crippen LogP contribution is -2.45. The minimum absolute atomic E-state index is 0.342. The Balaban J connectivity index is 1.85. The number of para-hydroxylation sites is 1. The Morgan fingerprint density at radius 3 is 1.92 bits per heavy atom. The van der Waals surface area contributed by atoms with Crippen LogP contribution < -0.4 is 5.32 Å². The third-order valence-electron chi connectivity index (χ3n) is 4.32. The number of carbonyl (C=O) groups is 3. The van der Waals surface area contributed by atoms with E-state index >= 15 is 0 Å². The van der Waals surface area contributed by atoms with E-state index in [9.17, 15) is 14.4 Å². The van der Waals surface area contributed by atoms with Crippen molar-refractivity contribution >= 4 is 23.4 Å². The average Bonchev–Trinajstić information content (AvgIpc) is 2.82. The van der Waals surface area contributed by atoms with Crippen molar-refractivity contribution in [3.05, 3.63) is 64.7 Å². The number of benzene rings is 2. The first-order valence-electron chi connectivity index (χ1n) is 7.76. The average molecular weight is 322 g/mol. The van der Waals surface area contributed by atoms with Crippen LogP contribution in [0.3, 0.4) is 0 Å². The van der Waals surface area contributed by atoms with Crippen molar-refractivity contribution < 1.29 is 14.4 Å². The number of hydrogen-bond donors (Lipinski definition) is 1. The fourth-order valence-corrected chi connectivity index (χ4v) is 2.92. The zero-order valence-corrected chi connectivity index (χ0v) is 13.8. The van der Waals surface area contributed by atoms with E-state index in [1.807, 2.05) is 32.0 Å². The zero-order valence-electron chi connectivity index (χ0n) is 13.8. The molecule has 3 rings (SSSR count). The van der Waals surface area contributed by atoms with Gasteiger partial charge in [0.05, 0.1) is 11.1 Å². The molecule has 1 heterocycles. The summed E-state index contributed by atoms with van der Waals surface area (Å²) in [5.41, 5.74) is 3.25. The molecule has 0 radical (unpaired) electrons. The van der Waals surface area contributed by atoms with E-state index in [0.717, 1.165) is 16.0 Å². The molecule has 5 heteroatoms. The van der Waals surface area contributed by atoms with Gasteiger partial charge in [-0.15, -0.1) is 0 Å². The summed E-state index contributed by atoms with van der Waals surface area (Å²) in [4.78, 5) is 38.5. The highest BCUT2D eigenvalue weighted by atomic mass is 16.2. The first kappa shape index (κ1) is 15.9. The summed E-state index contributed by atoms with van der Waals surface area (Å²) >= 11 is 0. The number of imide groups is 1. The minimum atomic E-state index is -0.892. The molecule has 1 aliphatic heterocycles. The lowest BCUT2D eigenvalue weighted by Gasteiger charge is -2.22. The largest absolute Gasteiger partial charge is 0.324 e. The number of aryl methyl sites for hydroxylation is 2. The molecule has 0 fully saturated rings. The highest BCUT2D eigenvalue weighted by molar-refractivity contribution is 6.23. The molecular formula is C19H18N2O3. The quantitative estimate of drug-likeness (QED) is 0.884. The number of carbonyl (C=O) groups excluding carboxylic acids is 3. The van der Waals surface area contributed by atoms with Crippen LogP contribution in [0.2, 0.25) is 0 Å². The molecule has 1 N–H and O–H groups in total. The van der Waals surface area contributed by atoms with Gasteiger partial charge in [-0.1, -0.05) is 30.3 Å². The first-order chi connectivity index (χ1) is 11.4. The lowest BCUT2D eigenvalue weighted by molar-refractivity contribution is -0.119. The lowest BCUT2D eigenvalue weighted by atomic mass is 10.1. The molecule has 0 spiro atoms. The molecule has 1 atom stereocenters. The van der Waals surface area contributed by atoms with Crippen molar-refractivity contribution in [2.24, 2.45) is 0 Å². The molecule has 3 amide bonds. The second-order valence-electron chi connectivity index (χ2n) is 5.96. The van der Waals surface area contributed by atoms with Gasteiger partial charge in [0, 0.05) is 5.69 Å². The Bertz CT molecular complexity index is 802.